The molecule has 3 rings (SSSR count). The summed E-state index contributed by atoms with van der Waals surface area (Å²) in [5.74, 6) is 0.0385. The Bertz CT molecular complexity index is 718. The minimum Gasteiger partial charge on any atom is -0.352 e. The van der Waals surface area contributed by atoms with Crippen LogP contribution in [0.1, 0.15) is 18.4 Å². The second-order valence-electron chi connectivity index (χ2n) is 4.73. The topological polar surface area (TPSA) is 77.1 Å². The molecule has 7 nitrogen and oxygen atoms in total. The van der Waals surface area contributed by atoms with E-state index in [1.54, 1.807) is 21.7 Å². The fourth-order valence-electron chi connectivity index (χ4n) is 2.19. The third-order valence-corrected chi connectivity index (χ3v) is 3.26. The Morgan fingerprint density at radius 3 is 3.10 bits per heavy atom. The molecule has 21 heavy (non-hydrogen) atoms. The van der Waals surface area contributed by atoms with Crippen molar-refractivity contribution >= 4 is 11.4 Å². The summed E-state index contributed by atoms with van der Waals surface area (Å²) in [7, 11) is 0. The second kappa shape index (κ2) is 6.17. The number of rotatable bonds is 6. The Hall–Kier alpha value is -2.70. The van der Waals surface area contributed by atoms with Gasteiger partial charge in [0.1, 0.15) is 12.7 Å². The lowest BCUT2D eigenvalue weighted by atomic mass is 10.2. The number of carbonyl (C=O) groups excluding carboxylic acids is 1. The average molecular weight is 284 g/mol. The van der Waals surface area contributed by atoms with Crippen LogP contribution in [0.3, 0.4) is 0 Å². The zero-order valence-corrected chi connectivity index (χ0v) is 11.5. The van der Waals surface area contributed by atoms with E-state index in [-0.39, 0.29) is 5.91 Å². The van der Waals surface area contributed by atoms with E-state index in [1.165, 1.54) is 6.33 Å². The Morgan fingerprint density at radius 2 is 2.24 bits per heavy atom. The molecule has 1 amide bonds. The Kier molecular flexibility index (Phi) is 3.90. The number of hydrogen-bond donors (Lipinski definition) is 1. The van der Waals surface area contributed by atoms with Crippen LogP contribution < -0.4 is 5.32 Å². The van der Waals surface area contributed by atoms with Crippen molar-refractivity contribution in [3.8, 4) is 0 Å². The highest BCUT2D eigenvalue weighted by molar-refractivity contribution is 5.76. The van der Waals surface area contributed by atoms with Crippen LogP contribution >= 0.6 is 0 Å². The van der Waals surface area contributed by atoms with Gasteiger partial charge in [0.25, 0.3) is 0 Å². The van der Waals surface area contributed by atoms with Gasteiger partial charge >= 0.3 is 0 Å². The van der Waals surface area contributed by atoms with Crippen molar-refractivity contribution in [1.29, 1.82) is 0 Å². The zero-order chi connectivity index (χ0) is 14.5. The van der Waals surface area contributed by atoms with E-state index in [9.17, 15) is 4.79 Å². The number of nitrogens with one attached hydrogen (secondary N) is 1. The second-order valence-corrected chi connectivity index (χ2v) is 4.73. The van der Waals surface area contributed by atoms with Gasteiger partial charge in [0.05, 0.1) is 5.52 Å². The number of nitrogens with zero attached hydrogens (tertiary/aromatic N) is 5. The lowest BCUT2D eigenvalue weighted by molar-refractivity contribution is -0.121. The molecule has 0 unspecified atom stereocenters. The highest BCUT2D eigenvalue weighted by Crippen LogP contribution is 2.09. The Morgan fingerprint density at radius 1 is 1.29 bits per heavy atom. The number of fused-ring (bicyclic) bond motifs is 1. The van der Waals surface area contributed by atoms with Gasteiger partial charge in [-0.3, -0.25) is 9.48 Å². The van der Waals surface area contributed by atoms with E-state index in [4.69, 9.17) is 0 Å². The van der Waals surface area contributed by atoms with E-state index in [0.717, 1.165) is 17.5 Å². The fraction of sp³-hybridized carbons (Fsp3) is 0.286. The molecule has 3 aromatic rings. The maximum Gasteiger partial charge on any atom is 0.220 e. The summed E-state index contributed by atoms with van der Waals surface area (Å²) in [6.07, 6.45) is 8.00. The highest BCUT2D eigenvalue weighted by Gasteiger charge is 2.05. The molecule has 0 aliphatic carbocycles. The SMILES string of the molecule is O=C(CCCn1cncn1)NCc1cccn2nccc12. The molecule has 0 aliphatic rings. The first-order chi connectivity index (χ1) is 10.3. The van der Waals surface area contributed by atoms with Crippen LogP contribution in [0.5, 0.6) is 0 Å². The number of hydrogen-bond acceptors (Lipinski definition) is 4. The van der Waals surface area contributed by atoms with Crippen molar-refractivity contribution in [2.75, 3.05) is 0 Å². The minimum absolute atomic E-state index is 0.0385. The summed E-state index contributed by atoms with van der Waals surface area (Å²) in [5, 5.41) is 11.1. The molecule has 1 N–H and O–H groups in total. The van der Waals surface area contributed by atoms with Gasteiger partial charge in [-0.1, -0.05) is 6.07 Å². The van der Waals surface area contributed by atoms with E-state index in [1.807, 2.05) is 24.4 Å². The summed E-state index contributed by atoms with van der Waals surface area (Å²) in [4.78, 5) is 15.7. The molecule has 0 radical (unpaired) electrons. The first kappa shape index (κ1) is 13.3. The van der Waals surface area contributed by atoms with Crippen molar-refractivity contribution in [2.24, 2.45) is 0 Å². The molecule has 3 aromatic heterocycles. The standard InChI is InChI=1S/C14H16N6O/c21-14(4-2-7-19-11-15-10-18-19)16-9-12-3-1-8-20-13(12)5-6-17-20/h1,3,5-6,8,10-11H,2,4,7,9H2,(H,16,21). The first-order valence-corrected chi connectivity index (χ1v) is 6.83. The van der Waals surface area contributed by atoms with E-state index in [2.05, 4.69) is 20.5 Å². The van der Waals surface area contributed by atoms with Crippen LogP contribution in [-0.2, 0) is 17.9 Å². The smallest absolute Gasteiger partial charge is 0.220 e. The predicted octanol–water partition coefficient (Wildman–Crippen LogP) is 1.02. The van der Waals surface area contributed by atoms with Gasteiger partial charge in [-0.05, 0) is 24.1 Å². The molecule has 7 heteroatoms. The van der Waals surface area contributed by atoms with Gasteiger partial charge in [0.2, 0.25) is 5.91 Å². The third-order valence-electron chi connectivity index (χ3n) is 3.26. The molecule has 0 fully saturated rings. The molecule has 0 aliphatic heterocycles. The summed E-state index contributed by atoms with van der Waals surface area (Å²) >= 11 is 0. The van der Waals surface area contributed by atoms with Crippen LogP contribution in [-0.4, -0.2) is 30.3 Å². The number of carbonyl (C=O) groups is 1. The van der Waals surface area contributed by atoms with Gasteiger partial charge in [0, 0.05) is 31.9 Å². The Balaban J connectivity index is 1.48. The molecule has 0 saturated heterocycles. The molecular weight excluding hydrogens is 268 g/mol. The molecule has 0 bridgehead atoms. The molecule has 0 saturated carbocycles. The van der Waals surface area contributed by atoms with Gasteiger partial charge in [0.15, 0.2) is 0 Å². The van der Waals surface area contributed by atoms with Gasteiger partial charge < -0.3 is 5.32 Å². The largest absolute Gasteiger partial charge is 0.352 e. The molecule has 3 heterocycles. The number of pyridine rings is 1. The maximum atomic E-state index is 11.8. The maximum absolute atomic E-state index is 11.8. The summed E-state index contributed by atoms with van der Waals surface area (Å²) in [6, 6.07) is 5.85. The molecule has 0 aromatic carbocycles. The number of aromatic nitrogens is 5. The Labute approximate surface area is 121 Å². The predicted molar refractivity (Wildman–Crippen MR) is 76.3 cm³/mol. The van der Waals surface area contributed by atoms with Crippen LogP contribution in [0.4, 0.5) is 0 Å². The summed E-state index contributed by atoms with van der Waals surface area (Å²) < 4.78 is 3.52. The lowest BCUT2D eigenvalue weighted by Crippen LogP contribution is -2.23. The molecule has 0 atom stereocenters. The van der Waals surface area contributed by atoms with Crippen LogP contribution in [0.25, 0.3) is 5.52 Å². The van der Waals surface area contributed by atoms with Crippen LogP contribution in [0.2, 0.25) is 0 Å². The zero-order valence-electron chi connectivity index (χ0n) is 11.5. The van der Waals surface area contributed by atoms with E-state index in [0.29, 0.717) is 19.5 Å². The minimum atomic E-state index is 0.0385. The monoisotopic (exact) mass is 284 g/mol. The molecule has 108 valence electrons. The van der Waals surface area contributed by atoms with Crippen molar-refractivity contribution in [3.63, 3.8) is 0 Å². The molecular formula is C14H16N6O. The fourth-order valence-corrected chi connectivity index (χ4v) is 2.19. The lowest BCUT2D eigenvalue weighted by Gasteiger charge is -2.07. The van der Waals surface area contributed by atoms with Crippen LogP contribution in [0, 0.1) is 0 Å². The van der Waals surface area contributed by atoms with Crippen LogP contribution in [0.15, 0.2) is 43.2 Å². The van der Waals surface area contributed by atoms with Gasteiger partial charge in [-0.2, -0.15) is 10.2 Å². The third kappa shape index (κ3) is 3.25. The van der Waals surface area contributed by atoms with Crippen molar-refractivity contribution in [3.05, 3.63) is 48.8 Å². The average Bonchev–Trinajstić information content (AvgIpc) is 3.16. The van der Waals surface area contributed by atoms with Crippen molar-refractivity contribution in [2.45, 2.75) is 25.9 Å². The number of amides is 1. The van der Waals surface area contributed by atoms with Crippen molar-refractivity contribution in [1.82, 2.24) is 29.7 Å². The van der Waals surface area contributed by atoms with Gasteiger partial charge in [-0.25, -0.2) is 9.50 Å². The molecule has 0 spiro atoms. The summed E-state index contributed by atoms with van der Waals surface area (Å²) in [5.41, 5.74) is 2.07. The quantitative estimate of drug-likeness (QED) is 0.733. The van der Waals surface area contributed by atoms with E-state index < -0.39 is 0 Å². The summed E-state index contributed by atoms with van der Waals surface area (Å²) in [6.45, 7) is 1.21. The van der Waals surface area contributed by atoms with Gasteiger partial charge in [-0.15, -0.1) is 0 Å². The number of aryl methyl sites for hydroxylation is 1. The van der Waals surface area contributed by atoms with E-state index >= 15 is 0 Å². The van der Waals surface area contributed by atoms with Crippen molar-refractivity contribution < 1.29 is 4.79 Å². The normalized spacial score (nSPS) is 10.9. The first-order valence-electron chi connectivity index (χ1n) is 6.83. The highest BCUT2D eigenvalue weighted by atomic mass is 16.1.